The summed E-state index contributed by atoms with van der Waals surface area (Å²) in [5, 5.41) is 17.2. The van der Waals surface area contributed by atoms with Crippen molar-refractivity contribution in [3.05, 3.63) is 39.9 Å². The van der Waals surface area contributed by atoms with Crippen molar-refractivity contribution in [1.82, 2.24) is 10.6 Å². The second-order valence-corrected chi connectivity index (χ2v) is 6.46. The van der Waals surface area contributed by atoms with Gasteiger partial charge in [-0.2, -0.15) is 11.8 Å². The first-order chi connectivity index (χ1) is 10.6. The van der Waals surface area contributed by atoms with Crippen molar-refractivity contribution in [2.24, 2.45) is 0 Å². The molecule has 8 heteroatoms. The summed E-state index contributed by atoms with van der Waals surface area (Å²) in [7, 11) is 0. The summed E-state index contributed by atoms with van der Waals surface area (Å²) in [5.41, 5.74) is 0.826. The normalized spacial score (nSPS) is 18.6. The van der Waals surface area contributed by atoms with Gasteiger partial charge in [0.15, 0.2) is 0 Å². The molecule has 1 fully saturated rings. The number of halogens is 1. The van der Waals surface area contributed by atoms with E-state index in [4.69, 9.17) is 0 Å². The van der Waals surface area contributed by atoms with E-state index in [2.05, 4.69) is 10.6 Å². The summed E-state index contributed by atoms with van der Waals surface area (Å²) >= 11 is 1.85. The third-order valence-corrected chi connectivity index (χ3v) is 4.79. The molecular weight excluding hydrogens is 338 g/mol. The highest BCUT2D eigenvalue weighted by molar-refractivity contribution is 7.99. The third kappa shape index (κ3) is 6.01. The van der Waals surface area contributed by atoms with E-state index < -0.39 is 4.92 Å². The highest BCUT2D eigenvalue weighted by atomic mass is 35.5. The van der Waals surface area contributed by atoms with Crippen LogP contribution in [0, 0.1) is 10.1 Å². The molecule has 2 unspecified atom stereocenters. The van der Waals surface area contributed by atoms with Gasteiger partial charge in [0.05, 0.1) is 11.0 Å². The summed E-state index contributed by atoms with van der Waals surface area (Å²) in [5.74, 6) is 2.02. The topological polar surface area (TPSA) is 84.3 Å². The molecule has 2 N–H and O–H groups in total. The minimum atomic E-state index is -0.415. The molecule has 0 spiro atoms. The van der Waals surface area contributed by atoms with Gasteiger partial charge < -0.3 is 10.6 Å². The summed E-state index contributed by atoms with van der Waals surface area (Å²) in [6.45, 7) is 2.89. The second-order valence-electron chi connectivity index (χ2n) is 5.31. The number of carbonyl (C=O) groups excluding carboxylic acids is 1. The molecule has 128 valence electrons. The lowest BCUT2D eigenvalue weighted by Crippen LogP contribution is -2.41. The largest absolute Gasteiger partial charge is 0.349 e. The van der Waals surface area contributed by atoms with Crippen LogP contribution in [0.5, 0.6) is 0 Å². The molecule has 6 nitrogen and oxygen atoms in total. The molecule has 0 bridgehead atoms. The molecule has 23 heavy (non-hydrogen) atoms. The summed E-state index contributed by atoms with van der Waals surface area (Å²) in [4.78, 5) is 22.6. The van der Waals surface area contributed by atoms with Gasteiger partial charge in [-0.3, -0.25) is 14.9 Å². The van der Waals surface area contributed by atoms with Gasteiger partial charge in [0, 0.05) is 42.6 Å². The fourth-order valence-electron chi connectivity index (χ4n) is 2.50. The SMILES string of the molecule is CCC(NC(=O)CC1CSCCN1)c1cccc([N+](=O)[O-])c1.Cl. The van der Waals surface area contributed by atoms with Crippen LogP contribution >= 0.6 is 24.2 Å². The van der Waals surface area contributed by atoms with Gasteiger partial charge in [0.2, 0.25) is 5.91 Å². The zero-order chi connectivity index (χ0) is 15.9. The Balaban J connectivity index is 0.00000264. The quantitative estimate of drug-likeness (QED) is 0.602. The number of non-ortho nitro benzene ring substituents is 1. The van der Waals surface area contributed by atoms with E-state index in [1.54, 1.807) is 6.07 Å². The first kappa shape index (κ1) is 19.7. The van der Waals surface area contributed by atoms with E-state index in [9.17, 15) is 14.9 Å². The molecule has 1 saturated heterocycles. The zero-order valence-electron chi connectivity index (χ0n) is 13.0. The van der Waals surface area contributed by atoms with E-state index in [1.165, 1.54) is 12.1 Å². The van der Waals surface area contributed by atoms with E-state index in [1.807, 2.05) is 24.8 Å². The zero-order valence-corrected chi connectivity index (χ0v) is 14.6. The van der Waals surface area contributed by atoms with Crippen LogP contribution in [0.4, 0.5) is 5.69 Å². The molecule has 0 aromatic heterocycles. The van der Waals surface area contributed by atoms with Crippen molar-refractivity contribution in [2.75, 3.05) is 18.1 Å². The lowest BCUT2D eigenvalue weighted by atomic mass is 10.0. The number of hydrogen-bond acceptors (Lipinski definition) is 5. The maximum absolute atomic E-state index is 12.2. The van der Waals surface area contributed by atoms with Crippen molar-refractivity contribution in [3.63, 3.8) is 0 Å². The molecule has 0 aliphatic carbocycles. The number of nitro benzene ring substituents is 1. The number of carbonyl (C=O) groups is 1. The number of amides is 1. The summed E-state index contributed by atoms with van der Waals surface area (Å²) < 4.78 is 0. The first-order valence-electron chi connectivity index (χ1n) is 7.45. The van der Waals surface area contributed by atoms with Crippen molar-refractivity contribution in [3.8, 4) is 0 Å². The number of rotatable bonds is 6. The molecule has 1 heterocycles. The Morgan fingerprint density at radius 2 is 2.35 bits per heavy atom. The Kier molecular flexibility index (Phi) is 8.36. The lowest BCUT2D eigenvalue weighted by molar-refractivity contribution is -0.384. The summed E-state index contributed by atoms with van der Waals surface area (Å²) in [6.07, 6.45) is 1.14. The van der Waals surface area contributed by atoms with Crippen LogP contribution in [-0.4, -0.2) is 34.9 Å². The standard InChI is InChI=1S/C15H21N3O3S.ClH/c1-2-14(11-4-3-5-13(8-11)18(20)21)17-15(19)9-12-10-22-7-6-16-12;/h3-5,8,12,14,16H,2,6-7,9-10H2,1H3,(H,17,19);1H. The average molecular weight is 360 g/mol. The van der Waals surface area contributed by atoms with Gasteiger partial charge in [-0.05, 0) is 12.0 Å². The minimum Gasteiger partial charge on any atom is -0.349 e. The number of nitrogens with zero attached hydrogens (tertiary/aromatic N) is 1. The Hall–Kier alpha value is -1.31. The van der Waals surface area contributed by atoms with E-state index >= 15 is 0 Å². The van der Waals surface area contributed by atoms with Crippen molar-refractivity contribution < 1.29 is 9.72 Å². The predicted molar refractivity (Wildman–Crippen MR) is 95.3 cm³/mol. The Bertz CT molecular complexity index is 538. The Morgan fingerprint density at radius 3 is 2.96 bits per heavy atom. The average Bonchev–Trinajstić information content (AvgIpc) is 2.53. The van der Waals surface area contributed by atoms with Crippen LogP contribution in [0.1, 0.15) is 31.4 Å². The maximum Gasteiger partial charge on any atom is 0.269 e. The molecule has 2 atom stereocenters. The maximum atomic E-state index is 12.2. The number of nitro groups is 1. The molecule has 1 aromatic carbocycles. The lowest BCUT2D eigenvalue weighted by Gasteiger charge is -2.24. The van der Waals surface area contributed by atoms with Crippen LogP contribution in [0.3, 0.4) is 0 Å². The third-order valence-electron chi connectivity index (χ3n) is 3.66. The molecule has 1 amide bonds. The molecule has 2 rings (SSSR count). The molecule has 1 aliphatic rings. The van der Waals surface area contributed by atoms with Gasteiger partial charge in [-0.1, -0.05) is 19.1 Å². The van der Waals surface area contributed by atoms with Crippen LogP contribution in [-0.2, 0) is 4.79 Å². The Labute approximate surface area is 146 Å². The predicted octanol–water partition coefficient (Wildman–Crippen LogP) is 2.68. The van der Waals surface area contributed by atoms with Crippen LogP contribution < -0.4 is 10.6 Å². The molecule has 1 aromatic rings. The number of hydrogen-bond donors (Lipinski definition) is 2. The van der Waals surface area contributed by atoms with Crippen LogP contribution in [0.2, 0.25) is 0 Å². The van der Waals surface area contributed by atoms with E-state index in [-0.39, 0.29) is 36.1 Å². The Morgan fingerprint density at radius 1 is 1.57 bits per heavy atom. The fraction of sp³-hybridized carbons (Fsp3) is 0.533. The molecule has 1 aliphatic heterocycles. The minimum absolute atomic E-state index is 0. The monoisotopic (exact) mass is 359 g/mol. The van der Waals surface area contributed by atoms with Gasteiger partial charge in [0.1, 0.15) is 0 Å². The smallest absolute Gasteiger partial charge is 0.269 e. The molecule has 0 radical (unpaired) electrons. The molecule has 0 saturated carbocycles. The van der Waals surface area contributed by atoms with E-state index in [0.717, 1.165) is 23.6 Å². The van der Waals surface area contributed by atoms with Gasteiger partial charge in [-0.25, -0.2) is 0 Å². The number of thioether (sulfide) groups is 1. The first-order valence-corrected chi connectivity index (χ1v) is 8.60. The van der Waals surface area contributed by atoms with Crippen LogP contribution in [0.25, 0.3) is 0 Å². The van der Waals surface area contributed by atoms with Gasteiger partial charge >= 0.3 is 0 Å². The second kappa shape index (κ2) is 9.75. The van der Waals surface area contributed by atoms with Crippen molar-refractivity contribution >= 4 is 35.8 Å². The van der Waals surface area contributed by atoms with Crippen molar-refractivity contribution in [2.45, 2.75) is 31.8 Å². The van der Waals surface area contributed by atoms with Crippen LogP contribution in [0.15, 0.2) is 24.3 Å². The molecular formula is C15H22ClN3O3S. The summed E-state index contributed by atoms with van der Waals surface area (Å²) in [6, 6.07) is 6.48. The fourth-order valence-corrected chi connectivity index (χ4v) is 3.45. The highest BCUT2D eigenvalue weighted by Crippen LogP contribution is 2.22. The highest BCUT2D eigenvalue weighted by Gasteiger charge is 2.20. The number of benzene rings is 1. The van der Waals surface area contributed by atoms with Gasteiger partial charge in [-0.15, -0.1) is 12.4 Å². The van der Waals surface area contributed by atoms with Gasteiger partial charge in [0.25, 0.3) is 5.69 Å². The van der Waals surface area contributed by atoms with E-state index in [0.29, 0.717) is 12.8 Å². The number of nitrogens with one attached hydrogen (secondary N) is 2. The van der Waals surface area contributed by atoms with Crippen molar-refractivity contribution in [1.29, 1.82) is 0 Å².